The minimum atomic E-state index is -0.793. The number of carbonyl (C=O) groups excluding carboxylic acids is 1. The second-order valence-electron chi connectivity index (χ2n) is 4.37. The standard InChI is InChI=1S/C13H17NO4S2/c1-2-18-12(17)10-7-9(8-14-10)13(4-3-11(15)16)19-5-6-20-13/h7-8,14H,2-6H2,1H3,(H,15,16). The zero-order chi connectivity index (χ0) is 14.6. The Kier molecular flexibility index (Phi) is 5.04. The van der Waals surface area contributed by atoms with E-state index >= 15 is 0 Å². The van der Waals surface area contributed by atoms with E-state index in [9.17, 15) is 9.59 Å². The summed E-state index contributed by atoms with van der Waals surface area (Å²) in [6.07, 6.45) is 2.47. The minimum absolute atomic E-state index is 0.125. The van der Waals surface area contributed by atoms with Gasteiger partial charge in [0.15, 0.2) is 0 Å². The maximum atomic E-state index is 11.7. The number of hydrogen-bond acceptors (Lipinski definition) is 5. The molecule has 1 aromatic heterocycles. The predicted octanol–water partition coefficient (Wildman–Crippen LogP) is 2.69. The largest absolute Gasteiger partial charge is 0.481 e. The first kappa shape index (κ1) is 15.3. The molecule has 1 aliphatic heterocycles. The van der Waals surface area contributed by atoms with E-state index in [1.165, 1.54) is 0 Å². The van der Waals surface area contributed by atoms with E-state index in [4.69, 9.17) is 9.84 Å². The van der Waals surface area contributed by atoms with Gasteiger partial charge in [-0.2, -0.15) is 0 Å². The molecule has 2 N–H and O–H groups in total. The fourth-order valence-electron chi connectivity index (χ4n) is 2.12. The molecule has 1 fully saturated rings. The van der Waals surface area contributed by atoms with Crippen molar-refractivity contribution < 1.29 is 19.4 Å². The molecule has 0 amide bonds. The maximum absolute atomic E-state index is 11.7. The van der Waals surface area contributed by atoms with E-state index in [-0.39, 0.29) is 16.5 Å². The molecule has 2 heterocycles. The Balaban J connectivity index is 2.17. The van der Waals surface area contributed by atoms with Crippen molar-refractivity contribution in [3.8, 4) is 0 Å². The lowest BCUT2D eigenvalue weighted by atomic mass is 10.1. The molecule has 0 aromatic carbocycles. The molecule has 0 unspecified atom stereocenters. The van der Waals surface area contributed by atoms with Gasteiger partial charge in [-0.15, -0.1) is 23.5 Å². The van der Waals surface area contributed by atoms with Crippen molar-refractivity contribution in [3.63, 3.8) is 0 Å². The topological polar surface area (TPSA) is 79.4 Å². The first-order valence-electron chi connectivity index (χ1n) is 6.43. The number of hydrogen-bond donors (Lipinski definition) is 2. The van der Waals surface area contributed by atoms with Crippen LogP contribution in [0.1, 0.15) is 35.8 Å². The molecule has 0 spiro atoms. The normalized spacial score (nSPS) is 17.1. The van der Waals surface area contributed by atoms with Gasteiger partial charge in [-0.1, -0.05) is 0 Å². The van der Waals surface area contributed by atoms with Crippen LogP contribution in [0.2, 0.25) is 0 Å². The number of esters is 1. The van der Waals surface area contributed by atoms with Crippen molar-refractivity contribution in [2.24, 2.45) is 0 Å². The van der Waals surface area contributed by atoms with Crippen LogP contribution in [0, 0.1) is 0 Å². The Bertz CT molecular complexity index is 494. The third kappa shape index (κ3) is 3.32. The summed E-state index contributed by atoms with van der Waals surface area (Å²) >= 11 is 3.50. The van der Waals surface area contributed by atoms with E-state index in [1.807, 2.05) is 0 Å². The summed E-state index contributed by atoms with van der Waals surface area (Å²) in [5, 5.41) is 8.90. The van der Waals surface area contributed by atoms with Crippen LogP contribution in [0.15, 0.2) is 12.3 Å². The lowest BCUT2D eigenvalue weighted by molar-refractivity contribution is -0.137. The molecule has 110 valence electrons. The summed E-state index contributed by atoms with van der Waals surface area (Å²) in [6, 6.07) is 1.78. The molecule has 0 aliphatic carbocycles. The van der Waals surface area contributed by atoms with Crippen molar-refractivity contribution in [1.29, 1.82) is 0 Å². The molecule has 0 saturated carbocycles. The quantitative estimate of drug-likeness (QED) is 0.786. The number of aliphatic carboxylic acids is 1. The highest BCUT2D eigenvalue weighted by atomic mass is 32.2. The monoisotopic (exact) mass is 315 g/mol. The van der Waals surface area contributed by atoms with Gasteiger partial charge in [0, 0.05) is 24.1 Å². The highest BCUT2D eigenvalue weighted by Gasteiger charge is 2.38. The molecule has 0 atom stereocenters. The molecule has 7 heteroatoms. The number of aromatic nitrogens is 1. The number of carboxylic acid groups (broad SMARTS) is 1. The van der Waals surface area contributed by atoms with Gasteiger partial charge in [-0.3, -0.25) is 4.79 Å². The summed E-state index contributed by atoms with van der Waals surface area (Å²) < 4.78 is 4.69. The fourth-order valence-corrected chi connectivity index (χ4v) is 5.34. The number of thioether (sulfide) groups is 2. The summed E-state index contributed by atoms with van der Waals surface area (Å²) in [6.45, 7) is 2.10. The van der Waals surface area contributed by atoms with E-state index in [0.717, 1.165) is 17.1 Å². The van der Waals surface area contributed by atoms with E-state index in [1.54, 1.807) is 42.7 Å². The van der Waals surface area contributed by atoms with Crippen LogP contribution < -0.4 is 0 Å². The summed E-state index contributed by atoms with van der Waals surface area (Å²) in [5.74, 6) is 0.813. The van der Waals surface area contributed by atoms with Crippen LogP contribution in [-0.2, 0) is 13.6 Å². The highest BCUT2D eigenvalue weighted by molar-refractivity contribution is 8.20. The number of rotatable bonds is 6. The van der Waals surface area contributed by atoms with Gasteiger partial charge in [0.1, 0.15) is 5.69 Å². The van der Waals surface area contributed by atoms with E-state index in [2.05, 4.69) is 4.98 Å². The van der Waals surface area contributed by atoms with Crippen molar-refractivity contribution in [2.75, 3.05) is 18.1 Å². The van der Waals surface area contributed by atoms with Crippen LogP contribution in [0.3, 0.4) is 0 Å². The lowest BCUT2D eigenvalue weighted by Crippen LogP contribution is -2.15. The Morgan fingerprint density at radius 1 is 1.45 bits per heavy atom. The number of H-pyrrole nitrogens is 1. The number of ether oxygens (including phenoxy) is 1. The number of carbonyl (C=O) groups is 2. The smallest absolute Gasteiger partial charge is 0.354 e. The molecule has 5 nitrogen and oxygen atoms in total. The fraction of sp³-hybridized carbons (Fsp3) is 0.538. The molecule has 2 rings (SSSR count). The minimum Gasteiger partial charge on any atom is -0.481 e. The second-order valence-corrected chi connectivity index (χ2v) is 7.41. The number of carboxylic acids is 1. The van der Waals surface area contributed by atoms with Crippen molar-refractivity contribution in [2.45, 2.75) is 23.8 Å². The Morgan fingerprint density at radius 2 is 2.15 bits per heavy atom. The van der Waals surface area contributed by atoms with Crippen LogP contribution in [-0.4, -0.2) is 40.1 Å². The summed E-state index contributed by atoms with van der Waals surface area (Å²) in [4.78, 5) is 25.4. The number of aromatic amines is 1. The van der Waals surface area contributed by atoms with Gasteiger partial charge in [-0.25, -0.2) is 4.79 Å². The van der Waals surface area contributed by atoms with Gasteiger partial charge in [0.25, 0.3) is 0 Å². The summed E-state index contributed by atoms with van der Waals surface area (Å²) in [5.41, 5.74) is 1.39. The summed E-state index contributed by atoms with van der Waals surface area (Å²) in [7, 11) is 0. The predicted molar refractivity (Wildman–Crippen MR) is 80.2 cm³/mol. The lowest BCUT2D eigenvalue weighted by Gasteiger charge is -2.25. The molecule has 1 aliphatic rings. The molecule has 0 bridgehead atoms. The average molecular weight is 315 g/mol. The zero-order valence-electron chi connectivity index (χ0n) is 11.2. The van der Waals surface area contributed by atoms with Crippen molar-refractivity contribution in [1.82, 2.24) is 4.98 Å². The van der Waals surface area contributed by atoms with Crippen LogP contribution in [0.4, 0.5) is 0 Å². The first-order valence-corrected chi connectivity index (χ1v) is 8.40. The second kappa shape index (κ2) is 6.58. The van der Waals surface area contributed by atoms with Crippen LogP contribution in [0.25, 0.3) is 0 Å². The van der Waals surface area contributed by atoms with Gasteiger partial charge in [0.2, 0.25) is 0 Å². The molecule has 1 aromatic rings. The van der Waals surface area contributed by atoms with E-state index < -0.39 is 5.97 Å². The molecule has 1 saturated heterocycles. The van der Waals surface area contributed by atoms with Gasteiger partial charge in [-0.05, 0) is 25.0 Å². The van der Waals surface area contributed by atoms with Crippen molar-refractivity contribution >= 4 is 35.5 Å². The maximum Gasteiger partial charge on any atom is 0.354 e. The van der Waals surface area contributed by atoms with Crippen molar-refractivity contribution in [3.05, 3.63) is 23.5 Å². The molecule has 20 heavy (non-hydrogen) atoms. The average Bonchev–Trinajstić information content (AvgIpc) is 3.06. The van der Waals surface area contributed by atoms with E-state index in [0.29, 0.717) is 18.7 Å². The van der Waals surface area contributed by atoms with Gasteiger partial charge in [0.05, 0.1) is 10.7 Å². The number of nitrogens with one attached hydrogen (secondary N) is 1. The third-order valence-corrected chi connectivity index (χ3v) is 6.63. The first-order chi connectivity index (χ1) is 9.57. The Labute approximate surface area is 125 Å². The molecular formula is C13H17NO4S2. The highest BCUT2D eigenvalue weighted by Crippen LogP contribution is 2.54. The SMILES string of the molecule is CCOC(=O)c1cc(C2(CCC(=O)O)SCCS2)c[nH]1. The third-order valence-electron chi connectivity index (χ3n) is 3.04. The molecule has 0 radical (unpaired) electrons. The van der Waals surface area contributed by atoms with Gasteiger partial charge < -0.3 is 14.8 Å². The Hall–Kier alpha value is -1.08. The zero-order valence-corrected chi connectivity index (χ0v) is 12.8. The van der Waals surface area contributed by atoms with Crippen LogP contribution >= 0.6 is 23.5 Å². The Morgan fingerprint density at radius 3 is 2.75 bits per heavy atom. The molecular weight excluding hydrogens is 298 g/mol. The van der Waals surface area contributed by atoms with Gasteiger partial charge >= 0.3 is 11.9 Å². The van der Waals surface area contributed by atoms with Crippen LogP contribution in [0.5, 0.6) is 0 Å².